The van der Waals surface area contributed by atoms with Gasteiger partial charge in [0.15, 0.2) is 6.29 Å². The number of carbonyl (C=O) groups excluding carboxylic acids is 1. The number of hydrogen-bond donors (Lipinski definition) is 7. The van der Waals surface area contributed by atoms with E-state index in [2.05, 4.69) is 0 Å². The normalized spacial score (nSPS) is 38.0. The van der Waals surface area contributed by atoms with Crippen molar-refractivity contribution in [2.45, 2.75) is 54.8 Å². The third-order valence-electron chi connectivity index (χ3n) is 5.58. The molecule has 1 aromatic rings. The molecule has 0 saturated carbocycles. The van der Waals surface area contributed by atoms with Crippen molar-refractivity contribution in [3.05, 3.63) is 39.9 Å². The second kappa shape index (κ2) is 10.5. The van der Waals surface area contributed by atoms with Crippen molar-refractivity contribution in [1.82, 2.24) is 0 Å². The first-order valence-electron chi connectivity index (χ1n) is 10.1. The number of ether oxygens (including phenoxy) is 4. The summed E-state index contributed by atoms with van der Waals surface area (Å²) in [5.74, 6) is -3.28. The largest absolute Gasteiger partial charge is 0.459 e. The van der Waals surface area contributed by atoms with E-state index in [0.29, 0.717) is 0 Å². The average Bonchev–Trinajstić information content (AvgIpc) is 3.08. The standard InChI is InChI=1S/C19H25NO14/c21-5-10-13(24)16(27)19(7-22,33-10)34-18-15(26)14(25)12(23)11(32-18)6-31-17(28)8-1-3-9(4-2-8)20(29)30/h1-4,10-16,18,21-27H,5-7H2/t10?,11?,12?,13?,14?,15?,16?,18?,19-/m0/s1. The number of benzene rings is 1. The molecule has 15 nitrogen and oxygen atoms in total. The molecule has 0 aromatic heterocycles. The number of non-ortho nitro benzene ring substituents is 1. The van der Waals surface area contributed by atoms with Crippen LogP contribution in [0.5, 0.6) is 0 Å². The van der Waals surface area contributed by atoms with Crippen LogP contribution >= 0.6 is 0 Å². The minimum atomic E-state index is -2.35. The lowest BCUT2D eigenvalue weighted by molar-refractivity contribution is -0.384. The van der Waals surface area contributed by atoms with Gasteiger partial charge in [-0.2, -0.15) is 0 Å². The fourth-order valence-electron chi connectivity index (χ4n) is 3.58. The molecule has 34 heavy (non-hydrogen) atoms. The SMILES string of the molecule is O=C(OCC1OC(O[C@]2(CO)OC(CO)C(O)C2O)C(O)C(O)C1O)c1ccc([N+](=O)[O-])cc1. The van der Waals surface area contributed by atoms with Crippen LogP contribution in [0, 0.1) is 10.1 Å². The average molecular weight is 491 g/mol. The Hall–Kier alpha value is -2.31. The lowest BCUT2D eigenvalue weighted by atomic mass is 9.99. The maximum Gasteiger partial charge on any atom is 0.338 e. The van der Waals surface area contributed by atoms with Gasteiger partial charge in [-0.15, -0.1) is 0 Å². The zero-order chi connectivity index (χ0) is 25.2. The number of aliphatic hydroxyl groups excluding tert-OH is 7. The van der Waals surface area contributed by atoms with E-state index >= 15 is 0 Å². The van der Waals surface area contributed by atoms with Crippen LogP contribution in [0.3, 0.4) is 0 Å². The summed E-state index contributed by atoms with van der Waals surface area (Å²) in [5.41, 5.74) is -0.294. The first-order chi connectivity index (χ1) is 16.0. The Morgan fingerprint density at radius 1 is 1.00 bits per heavy atom. The monoisotopic (exact) mass is 491 g/mol. The highest BCUT2D eigenvalue weighted by Crippen LogP contribution is 2.36. The Morgan fingerprint density at radius 2 is 1.65 bits per heavy atom. The molecule has 2 aliphatic rings. The van der Waals surface area contributed by atoms with Gasteiger partial charge < -0.3 is 54.7 Å². The summed E-state index contributed by atoms with van der Waals surface area (Å²) < 4.78 is 20.9. The molecule has 0 spiro atoms. The summed E-state index contributed by atoms with van der Waals surface area (Å²) in [4.78, 5) is 22.3. The summed E-state index contributed by atoms with van der Waals surface area (Å²) in [6.45, 7) is -2.44. The topological polar surface area (TPSA) is 239 Å². The fourth-order valence-corrected chi connectivity index (χ4v) is 3.58. The third kappa shape index (κ3) is 5.03. The van der Waals surface area contributed by atoms with E-state index in [1.165, 1.54) is 0 Å². The van der Waals surface area contributed by atoms with Gasteiger partial charge >= 0.3 is 5.97 Å². The summed E-state index contributed by atoms with van der Waals surface area (Å²) in [7, 11) is 0. The van der Waals surface area contributed by atoms with Gasteiger partial charge in [0.2, 0.25) is 5.79 Å². The van der Waals surface area contributed by atoms with Gasteiger partial charge in [0.1, 0.15) is 55.9 Å². The van der Waals surface area contributed by atoms with Crippen LogP contribution in [0.25, 0.3) is 0 Å². The van der Waals surface area contributed by atoms with E-state index in [0.717, 1.165) is 24.3 Å². The predicted molar refractivity (Wildman–Crippen MR) is 105 cm³/mol. The number of nitro groups is 1. The van der Waals surface area contributed by atoms with E-state index in [-0.39, 0.29) is 11.3 Å². The summed E-state index contributed by atoms with van der Waals surface area (Å²) in [6.07, 6.45) is -13.7. The Balaban J connectivity index is 1.68. The van der Waals surface area contributed by atoms with E-state index in [9.17, 15) is 50.7 Å². The zero-order valence-corrected chi connectivity index (χ0v) is 17.5. The molecule has 1 aromatic carbocycles. The molecule has 0 bridgehead atoms. The van der Waals surface area contributed by atoms with Gasteiger partial charge in [0.05, 0.1) is 17.1 Å². The highest BCUT2D eigenvalue weighted by atomic mass is 16.8. The maximum atomic E-state index is 12.2. The fraction of sp³-hybridized carbons (Fsp3) is 0.632. The van der Waals surface area contributed by atoms with Gasteiger partial charge in [0.25, 0.3) is 5.69 Å². The molecular weight excluding hydrogens is 466 g/mol. The number of hydrogen-bond acceptors (Lipinski definition) is 14. The molecular formula is C19H25NO14. The predicted octanol–water partition coefficient (Wildman–Crippen LogP) is -3.62. The molecule has 2 heterocycles. The van der Waals surface area contributed by atoms with Gasteiger partial charge in [-0.25, -0.2) is 4.79 Å². The summed E-state index contributed by atoms with van der Waals surface area (Å²) in [5, 5.41) is 80.5. The van der Waals surface area contributed by atoms with Crippen LogP contribution < -0.4 is 0 Å². The minimum absolute atomic E-state index is 0.0463. The molecule has 0 aliphatic carbocycles. The van der Waals surface area contributed by atoms with Crippen molar-refractivity contribution < 1.29 is 64.4 Å². The Labute approximate surface area is 191 Å². The second-order valence-electron chi connectivity index (χ2n) is 7.78. The molecule has 0 amide bonds. The molecule has 7 N–H and O–H groups in total. The van der Waals surface area contributed by atoms with Gasteiger partial charge in [-0.05, 0) is 12.1 Å². The lowest BCUT2D eigenvalue weighted by Gasteiger charge is -2.43. The number of nitrogens with zero attached hydrogens (tertiary/aromatic N) is 1. The third-order valence-corrected chi connectivity index (χ3v) is 5.58. The quantitative estimate of drug-likeness (QED) is 0.106. The van der Waals surface area contributed by atoms with E-state index in [1.807, 2.05) is 0 Å². The summed E-state index contributed by atoms with van der Waals surface area (Å²) in [6, 6.07) is 4.47. The smallest absolute Gasteiger partial charge is 0.338 e. The molecule has 0 radical (unpaired) electrons. The van der Waals surface area contributed by atoms with Crippen molar-refractivity contribution in [1.29, 1.82) is 0 Å². The number of esters is 1. The van der Waals surface area contributed by atoms with Crippen molar-refractivity contribution in [3.8, 4) is 0 Å². The van der Waals surface area contributed by atoms with E-state index in [1.54, 1.807) is 0 Å². The zero-order valence-electron chi connectivity index (χ0n) is 17.5. The van der Waals surface area contributed by atoms with E-state index < -0.39 is 85.5 Å². The van der Waals surface area contributed by atoms with Crippen LogP contribution in [0.1, 0.15) is 10.4 Å². The number of rotatable bonds is 8. The van der Waals surface area contributed by atoms with Crippen molar-refractivity contribution in [2.24, 2.45) is 0 Å². The highest BCUT2D eigenvalue weighted by molar-refractivity contribution is 5.89. The van der Waals surface area contributed by atoms with Crippen molar-refractivity contribution >= 4 is 11.7 Å². The van der Waals surface area contributed by atoms with Crippen LogP contribution in [-0.2, 0) is 18.9 Å². The number of aliphatic hydroxyl groups is 7. The van der Waals surface area contributed by atoms with E-state index in [4.69, 9.17) is 18.9 Å². The Morgan fingerprint density at radius 3 is 2.18 bits per heavy atom. The first kappa shape index (κ1) is 26.3. The maximum absolute atomic E-state index is 12.2. The molecule has 15 heteroatoms. The number of carbonyl (C=O) groups is 1. The Kier molecular flexibility index (Phi) is 8.14. The minimum Gasteiger partial charge on any atom is -0.459 e. The lowest BCUT2D eigenvalue weighted by Crippen LogP contribution is -2.62. The molecule has 3 rings (SSSR count). The highest BCUT2D eigenvalue weighted by Gasteiger charge is 2.58. The molecule has 9 atom stereocenters. The van der Waals surface area contributed by atoms with Gasteiger partial charge in [-0.1, -0.05) is 0 Å². The van der Waals surface area contributed by atoms with Crippen molar-refractivity contribution in [2.75, 3.05) is 19.8 Å². The molecule has 2 saturated heterocycles. The molecule has 2 aliphatic heterocycles. The van der Waals surface area contributed by atoms with Crippen LogP contribution in [0.2, 0.25) is 0 Å². The van der Waals surface area contributed by atoms with Crippen LogP contribution in [0.15, 0.2) is 24.3 Å². The number of nitro benzene ring substituents is 1. The van der Waals surface area contributed by atoms with Gasteiger partial charge in [-0.3, -0.25) is 10.1 Å². The van der Waals surface area contributed by atoms with Crippen LogP contribution in [0.4, 0.5) is 5.69 Å². The van der Waals surface area contributed by atoms with Gasteiger partial charge in [0, 0.05) is 12.1 Å². The second-order valence-corrected chi connectivity index (χ2v) is 7.78. The summed E-state index contributed by atoms with van der Waals surface area (Å²) >= 11 is 0. The van der Waals surface area contributed by atoms with Crippen molar-refractivity contribution in [3.63, 3.8) is 0 Å². The molecule has 190 valence electrons. The molecule has 2 fully saturated rings. The van der Waals surface area contributed by atoms with Crippen LogP contribution in [-0.4, -0.2) is 121 Å². The first-order valence-corrected chi connectivity index (χ1v) is 10.1. The molecule has 8 unspecified atom stereocenters. The Bertz CT molecular complexity index is 867.